The van der Waals surface area contributed by atoms with E-state index < -0.39 is 0 Å². The van der Waals surface area contributed by atoms with Gasteiger partial charge in [0.15, 0.2) is 0 Å². The van der Waals surface area contributed by atoms with E-state index in [1.807, 2.05) is 42.1 Å². The molecule has 0 saturated carbocycles. The molecule has 0 bridgehead atoms. The SMILES string of the molecule is COc1cc(C(=O)NCCc2c[nH]c3ccc(Cl)cc23)ncc1-n1cnc(C)c1. The fraction of sp³-hybridized carbons (Fsp3) is 0.190. The second-order valence-corrected chi connectivity index (χ2v) is 7.11. The van der Waals surface area contributed by atoms with Crippen LogP contribution in [-0.2, 0) is 6.42 Å². The molecule has 148 valence electrons. The fourth-order valence-electron chi connectivity index (χ4n) is 3.22. The molecule has 0 saturated heterocycles. The molecule has 0 unspecified atom stereocenters. The number of rotatable bonds is 6. The Balaban J connectivity index is 1.45. The number of H-pyrrole nitrogens is 1. The van der Waals surface area contributed by atoms with Crippen LogP contribution in [0, 0.1) is 6.92 Å². The van der Waals surface area contributed by atoms with Gasteiger partial charge in [0, 0.05) is 40.9 Å². The number of ether oxygens (including phenoxy) is 1. The van der Waals surface area contributed by atoms with E-state index in [0.29, 0.717) is 29.4 Å². The summed E-state index contributed by atoms with van der Waals surface area (Å²) in [5.74, 6) is 0.295. The van der Waals surface area contributed by atoms with Gasteiger partial charge in [0.25, 0.3) is 5.91 Å². The zero-order chi connectivity index (χ0) is 20.4. The molecule has 3 heterocycles. The standard InChI is InChI=1S/C21H20ClN5O2/c1-13-11-27(12-26-13)19-10-25-18(8-20(19)29-2)21(28)23-6-5-14-9-24-17-4-3-15(22)7-16(14)17/h3-4,7-12,24H,5-6H2,1-2H3,(H,23,28). The highest BCUT2D eigenvalue weighted by Gasteiger charge is 2.13. The molecule has 4 aromatic rings. The number of hydrogen-bond acceptors (Lipinski definition) is 4. The highest BCUT2D eigenvalue weighted by atomic mass is 35.5. The third-order valence-electron chi connectivity index (χ3n) is 4.70. The molecule has 29 heavy (non-hydrogen) atoms. The fourth-order valence-corrected chi connectivity index (χ4v) is 3.40. The molecule has 0 radical (unpaired) electrons. The molecule has 0 fully saturated rings. The number of methoxy groups -OCH3 is 1. The van der Waals surface area contributed by atoms with Crippen LogP contribution in [0.1, 0.15) is 21.7 Å². The van der Waals surface area contributed by atoms with Crippen LogP contribution in [0.2, 0.25) is 5.02 Å². The van der Waals surface area contributed by atoms with Gasteiger partial charge in [0.1, 0.15) is 17.1 Å². The Morgan fingerprint density at radius 3 is 2.93 bits per heavy atom. The largest absolute Gasteiger partial charge is 0.494 e. The predicted molar refractivity (Wildman–Crippen MR) is 112 cm³/mol. The first-order valence-electron chi connectivity index (χ1n) is 9.14. The van der Waals surface area contributed by atoms with Gasteiger partial charge in [-0.3, -0.25) is 4.79 Å². The molecule has 1 aromatic carbocycles. The van der Waals surface area contributed by atoms with E-state index in [4.69, 9.17) is 16.3 Å². The second-order valence-electron chi connectivity index (χ2n) is 6.67. The van der Waals surface area contributed by atoms with Gasteiger partial charge in [0.2, 0.25) is 0 Å². The number of benzene rings is 1. The first kappa shape index (κ1) is 19.0. The number of nitrogens with zero attached hydrogens (tertiary/aromatic N) is 3. The van der Waals surface area contributed by atoms with E-state index in [1.54, 1.807) is 25.7 Å². The summed E-state index contributed by atoms with van der Waals surface area (Å²) >= 11 is 6.09. The Morgan fingerprint density at radius 2 is 2.17 bits per heavy atom. The van der Waals surface area contributed by atoms with Gasteiger partial charge in [-0.15, -0.1) is 0 Å². The van der Waals surface area contributed by atoms with E-state index >= 15 is 0 Å². The number of amides is 1. The monoisotopic (exact) mass is 409 g/mol. The second kappa shape index (κ2) is 7.97. The van der Waals surface area contributed by atoms with E-state index in [2.05, 4.69) is 20.3 Å². The quantitative estimate of drug-likeness (QED) is 0.508. The molecule has 0 spiro atoms. The molecule has 0 aliphatic rings. The summed E-state index contributed by atoms with van der Waals surface area (Å²) in [6.07, 6.45) is 7.78. The normalized spacial score (nSPS) is 11.0. The van der Waals surface area contributed by atoms with Gasteiger partial charge in [-0.2, -0.15) is 0 Å². The van der Waals surface area contributed by atoms with Crippen molar-refractivity contribution in [1.29, 1.82) is 0 Å². The number of carbonyl (C=O) groups excluding carboxylic acids is 1. The van der Waals surface area contributed by atoms with Crippen LogP contribution in [0.15, 0.2) is 49.2 Å². The van der Waals surface area contributed by atoms with E-state index in [1.165, 1.54) is 0 Å². The van der Waals surface area contributed by atoms with Crippen molar-refractivity contribution in [2.75, 3.05) is 13.7 Å². The number of fused-ring (bicyclic) bond motifs is 1. The zero-order valence-corrected chi connectivity index (χ0v) is 16.8. The summed E-state index contributed by atoms with van der Waals surface area (Å²) in [5, 5.41) is 4.66. The van der Waals surface area contributed by atoms with Crippen molar-refractivity contribution in [2.24, 2.45) is 0 Å². The minimum atomic E-state index is -0.255. The summed E-state index contributed by atoms with van der Waals surface area (Å²) in [4.78, 5) is 24.2. The third kappa shape index (κ3) is 3.95. The van der Waals surface area contributed by atoms with Crippen molar-refractivity contribution < 1.29 is 9.53 Å². The maximum absolute atomic E-state index is 12.5. The minimum absolute atomic E-state index is 0.255. The summed E-state index contributed by atoms with van der Waals surface area (Å²) < 4.78 is 7.25. The van der Waals surface area contributed by atoms with Crippen LogP contribution in [-0.4, -0.2) is 39.1 Å². The maximum Gasteiger partial charge on any atom is 0.270 e. The number of carbonyl (C=O) groups is 1. The summed E-state index contributed by atoms with van der Waals surface area (Å²) in [7, 11) is 1.56. The number of aromatic amines is 1. The van der Waals surface area contributed by atoms with E-state index in [9.17, 15) is 4.79 Å². The molecule has 0 atom stereocenters. The van der Waals surface area contributed by atoms with Gasteiger partial charge in [-0.05, 0) is 37.1 Å². The molecule has 4 rings (SSSR count). The molecule has 0 aliphatic carbocycles. The van der Waals surface area contributed by atoms with Crippen molar-refractivity contribution in [3.05, 3.63) is 71.2 Å². The number of aromatic nitrogens is 4. The highest BCUT2D eigenvalue weighted by molar-refractivity contribution is 6.31. The van der Waals surface area contributed by atoms with E-state index in [0.717, 1.165) is 27.8 Å². The van der Waals surface area contributed by atoms with Crippen LogP contribution in [0.3, 0.4) is 0 Å². The molecule has 8 heteroatoms. The molecule has 2 N–H and O–H groups in total. The average Bonchev–Trinajstić information content (AvgIpc) is 3.33. The van der Waals surface area contributed by atoms with Gasteiger partial charge < -0.3 is 19.6 Å². The number of imidazole rings is 1. The Bertz CT molecular complexity index is 1180. The molecule has 0 aliphatic heterocycles. The molecular weight excluding hydrogens is 390 g/mol. The van der Waals surface area contributed by atoms with Crippen molar-refractivity contribution >= 4 is 28.4 Å². The van der Waals surface area contributed by atoms with Crippen molar-refractivity contribution in [1.82, 2.24) is 24.8 Å². The first-order chi connectivity index (χ1) is 14.0. The van der Waals surface area contributed by atoms with Gasteiger partial charge in [-0.1, -0.05) is 11.6 Å². The molecule has 7 nitrogen and oxygen atoms in total. The topological polar surface area (TPSA) is 84.8 Å². The Kier molecular flexibility index (Phi) is 5.22. The van der Waals surface area contributed by atoms with Crippen LogP contribution in [0.25, 0.3) is 16.6 Å². The van der Waals surface area contributed by atoms with Gasteiger partial charge >= 0.3 is 0 Å². The number of pyridine rings is 1. The maximum atomic E-state index is 12.5. The van der Waals surface area contributed by atoms with Crippen LogP contribution in [0.5, 0.6) is 5.75 Å². The number of nitrogens with one attached hydrogen (secondary N) is 2. The van der Waals surface area contributed by atoms with Crippen molar-refractivity contribution in [3.63, 3.8) is 0 Å². The Labute approximate surface area is 172 Å². The van der Waals surface area contributed by atoms with Gasteiger partial charge in [-0.25, -0.2) is 9.97 Å². The predicted octanol–water partition coefficient (Wildman–Crippen LogP) is 3.69. The van der Waals surface area contributed by atoms with E-state index in [-0.39, 0.29) is 5.91 Å². The summed E-state index contributed by atoms with van der Waals surface area (Å²) in [6, 6.07) is 7.35. The lowest BCUT2D eigenvalue weighted by molar-refractivity contribution is 0.0949. The number of hydrogen-bond donors (Lipinski definition) is 2. The Morgan fingerprint density at radius 1 is 1.31 bits per heavy atom. The molecule has 1 amide bonds. The Hall–Kier alpha value is -3.32. The highest BCUT2D eigenvalue weighted by Crippen LogP contribution is 2.24. The first-order valence-corrected chi connectivity index (χ1v) is 9.51. The third-order valence-corrected chi connectivity index (χ3v) is 4.93. The van der Waals surface area contributed by atoms with Crippen LogP contribution < -0.4 is 10.1 Å². The molecule has 3 aromatic heterocycles. The average molecular weight is 410 g/mol. The number of halogens is 1. The lowest BCUT2D eigenvalue weighted by Gasteiger charge is -2.10. The summed E-state index contributed by atoms with van der Waals surface area (Å²) in [6.45, 7) is 2.38. The summed E-state index contributed by atoms with van der Waals surface area (Å²) in [5.41, 5.74) is 4.02. The number of aryl methyl sites for hydroxylation is 1. The van der Waals surface area contributed by atoms with Gasteiger partial charge in [0.05, 0.1) is 25.3 Å². The lowest BCUT2D eigenvalue weighted by atomic mass is 10.1. The minimum Gasteiger partial charge on any atom is -0.494 e. The zero-order valence-electron chi connectivity index (χ0n) is 16.1. The van der Waals surface area contributed by atoms with Crippen LogP contribution in [0.4, 0.5) is 0 Å². The smallest absolute Gasteiger partial charge is 0.270 e. The lowest BCUT2D eigenvalue weighted by Crippen LogP contribution is -2.26. The van der Waals surface area contributed by atoms with Crippen molar-refractivity contribution in [2.45, 2.75) is 13.3 Å². The van der Waals surface area contributed by atoms with Crippen molar-refractivity contribution in [3.8, 4) is 11.4 Å². The molecular formula is C21H20ClN5O2. The van der Waals surface area contributed by atoms with Crippen LogP contribution >= 0.6 is 11.6 Å².